The van der Waals surface area contributed by atoms with Crippen molar-refractivity contribution in [3.8, 4) is 5.75 Å². The minimum atomic E-state index is 0.336. The Hall–Kier alpha value is -1.35. The van der Waals surface area contributed by atoms with Crippen LogP contribution in [-0.4, -0.2) is 18.6 Å². The molecule has 0 aromatic carbocycles. The molecule has 0 radical (unpaired) electrons. The van der Waals surface area contributed by atoms with Crippen LogP contribution in [0.3, 0.4) is 0 Å². The van der Waals surface area contributed by atoms with E-state index in [4.69, 9.17) is 4.74 Å². The molecule has 0 bridgehead atoms. The summed E-state index contributed by atoms with van der Waals surface area (Å²) in [6.07, 6.45) is 9.99. The number of allylic oxidation sites excluding steroid dienone is 1. The number of nitrogens with one attached hydrogen (secondary N) is 1. The van der Waals surface area contributed by atoms with Crippen LogP contribution in [0.15, 0.2) is 31.1 Å². The Morgan fingerprint density at radius 1 is 1.56 bits per heavy atom. The van der Waals surface area contributed by atoms with Crippen molar-refractivity contribution in [1.82, 2.24) is 10.3 Å². The Morgan fingerprint density at radius 3 is 3.06 bits per heavy atom. The van der Waals surface area contributed by atoms with E-state index in [1.54, 1.807) is 13.3 Å². The van der Waals surface area contributed by atoms with Crippen LogP contribution < -0.4 is 10.1 Å². The van der Waals surface area contributed by atoms with E-state index >= 15 is 0 Å². The lowest BCUT2D eigenvalue weighted by Gasteiger charge is -2.20. The highest BCUT2D eigenvalue weighted by Crippen LogP contribution is 2.27. The molecule has 1 aromatic rings. The fourth-order valence-corrected chi connectivity index (χ4v) is 2.00. The molecule has 0 spiro atoms. The lowest BCUT2D eigenvalue weighted by Crippen LogP contribution is -2.22. The monoisotopic (exact) mass is 248 g/mol. The zero-order chi connectivity index (χ0) is 13.2. The number of hydrogen-bond acceptors (Lipinski definition) is 3. The van der Waals surface area contributed by atoms with Gasteiger partial charge in [0.05, 0.1) is 13.3 Å². The number of pyridine rings is 1. The first-order chi connectivity index (χ1) is 8.83. The summed E-state index contributed by atoms with van der Waals surface area (Å²) in [7, 11) is 1.70. The molecule has 18 heavy (non-hydrogen) atoms. The molecule has 1 heterocycles. The minimum Gasteiger partial charge on any atom is -0.495 e. The highest BCUT2D eigenvalue weighted by Gasteiger charge is 2.14. The summed E-state index contributed by atoms with van der Waals surface area (Å²) in [5.41, 5.74) is 1.20. The maximum Gasteiger partial charge on any atom is 0.141 e. The number of unbranched alkanes of at least 4 members (excludes halogenated alkanes) is 1. The molecule has 0 aliphatic heterocycles. The van der Waals surface area contributed by atoms with Crippen molar-refractivity contribution in [2.45, 2.75) is 38.6 Å². The molecular weight excluding hydrogens is 224 g/mol. The third-order valence-electron chi connectivity index (χ3n) is 2.95. The normalized spacial score (nSPS) is 12.1. The van der Waals surface area contributed by atoms with Gasteiger partial charge >= 0.3 is 0 Å². The molecule has 1 atom stereocenters. The molecular formula is C15H24N2O. The first-order valence-corrected chi connectivity index (χ1v) is 6.65. The second kappa shape index (κ2) is 8.70. The summed E-state index contributed by atoms with van der Waals surface area (Å²) in [4.78, 5) is 4.11. The van der Waals surface area contributed by atoms with Crippen LogP contribution in [0, 0.1) is 0 Å². The van der Waals surface area contributed by atoms with E-state index < -0.39 is 0 Å². The predicted octanol–water partition coefficient (Wildman–Crippen LogP) is 3.49. The molecule has 0 amide bonds. The number of ether oxygens (including phenoxy) is 1. The van der Waals surface area contributed by atoms with E-state index in [2.05, 4.69) is 23.8 Å². The van der Waals surface area contributed by atoms with Crippen LogP contribution in [0.2, 0.25) is 0 Å². The Morgan fingerprint density at radius 2 is 2.39 bits per heavy atom. The van der Waals surface area contributed by atoms with Crippen molar-refractivity contribution in [3.63, 3.8) is 0 Å². The molecule has 1 aromatic heterocycles. The van der Waals surface area contributed by atoms with Crippen molar-refractivity contribution >= 4 is 0 Å². The fourth-order valence-electron chi connectivity index (χ4n) is 2.00. The average molecular weight is 248 g/mol. The fraction of sp³-hybridized carbons (Fsp3) is 0.533. The first kappa shape index (κ1) is 14.7. The Balaban J connectivity index is 2.75. The lowest BCUT2D eigenvalue weighted by molar-refractivity contribution is 0.391. The van der Waals surface area contributed by atoms with E-state index in [-0.39, 0.29) is 0 Å². The molecule has 3 nitrogen and oxygen atoms in total. The van der Waals surface area contributed by atoms with E-state index in [0.29, 0.717) is 6.04 Å². The molecule has 0 aliphatic carbocycles. The molecule has 0 saturated carbocycles. The molecule has 1 N–H and O–H groups in total. The maximum absolute atomic E-state index is 5.39. The maximum atomic E-state index is 5.39. The molecule has 0 fully saturated rings. The van der Waals surface area contributed by atoms with Gasteiger partial charge in [-0.25, -0.2) is 0 Å². The van der Waals surface area contributed by atoms with Crippen molar-refractivity contribution in [2.24, 2.45) is 0 Å². The van der Waals surface area contributed by atoms with Crippen LogP contribution in [0.5, 0.6) is 5.75 Å². The first-order valence-electron chi connectivity index (χ1n) is 6.65. The zero-order valence-electron chi connectivity index (χ0n) is 11.5. The molecule has 1 unspecified atom stereocenters. The summed E-state index contributed by atoms with van der Waals surface area (Å²) < 4.78 is 5.39. The van der Waals surface area contributed by atoms with Gasteiger partial charge in [0.15, 0.2) is 0 Å². The van der Waals surface area contributed by atoms with E-state index in [1.165, 1.54) is 5.56 Å². The molecule has 1 rings (SSSR count). The third-order valence-corrected chi connectivity index (χ3v) is 2.95. The van der Waals surface area contributed by atoms with Gasteiger partial charge in [-0.2, -0.15) is 0 Å². The van der Waals surface area contributed by atoms with Crippen LogP contribution in [0.25, 0.3) is 0 Å². The highest BCUT2D eigenvalue weighted by molar-refractivity contribution is 5.32. The number of nitrogens with zero attached hydrogens (tertiary/aromatic N) is 1. The third kappa shape index (κ3) is 4.49. The van der Waals surface area contributed by atoms with Gasteiger partial charge in [-0.3, -0.25) is 4.98 Å². The zero-order valence-corrected chi connectivity index (χ0v) is 11.5. The quantitative estimate of drug-likeness (QED) is 0.536. The number of methoxy groups -OCH3 is 1. The van der Waals surface area contributed by atoms with Crippen molar-refractivity contribution < 1.29 is 4.74 Å². The summed E-state index contributed by atoms with van der Waals surface area (Å²) in [5, 5.41) is 3.58. The van der Waals surface area contributed by atoms with Crippen molar-refractivity contribution in [1.29, 1.82) is 0 Å². The predicted molar refractivity (Wildman–Crippen MR) is 75.9 cm³/mol. The number of hydrogen-bond donors (Lipinski definition) is 1. The van der Waals surface area contributed by atoms with Crippen LogP contribution in [0.1, 0.15) is 44.2 Å². The van der Waals surface area contributed by atoms with Gasteiger partial charge < -0.3 is 10.1 Å². The molecule has 3 heteroatoms. The Kier molecular flexibility index (Phi) is 7.11. The Labute approximate surface area is 110 Å². The second-order valence-corrected chi connectivity index (χ2v) is 4.34. The lowest BCUT2D eigenvalue weighted by atomic mass is 10.0. The van der Waals surface area contributed by atoms with E-state index in [0.717, 1.165) is 38.0 Å². The van der Waals surface area contributed by atoms with E-state index in [9.17, 15) is 0 Å². The summed E-state index contributed by atoms with van der Waals surface area (Å²) in [6.45, 7) is 6.97. The van der Waals surface area contributed by atoms with Gasteiger partial charge in [0.2, 0.25) is 0 Å². The number of aromatic nitrogens is 1. The van der Waals surface area contributed by atoms with Gasteiger partial charge in [0.25, 0.3) is 0 Å². The highest BCUT2D eigenvalue weighted by atomic mass is 16.5. The van der Waals surface area contributed by atoms with Gasteiger partial charge in [0.1, 0.15) is 5.75 Å². The van der Waals surface area contributed by atoms with Crippen LogP contribution >= 0.6 is 0 Å². The van der Waals surface area contributed by atoms with Crippen molar-refractivity contribution in [3.05, 3.63) is 36.7 Å². The smallest absolute Gasteiger partial charge is 0.141 e. The van der Waals surface area contributed by atoms with Gasteiger partial charge in [0, 0.05) is 17.8 Å². The topological polar surface area (TPSA) is 34.2 Å². The average Bonchev–Trinajstić information content (AvgIpc) is 2.42. The van der Waals surface area contributed by atoms with Crippen molar-refractivity contribution in [2.75, 3.05) is 13.7 Å². The molecule has 0 aliphatic rings. The SMILES string of the molecule is C=CCCCC(NCCC)c1ccncc1OC. The van der Waals surface area contributed by atoms with Gasteiger partial charge in [-0.05, 0) is 38.3 Å². The minimum absolute atomic E-state index is 0.336. The number of rotatable bonds is 9. The van der Waals surface area contributed by atoms with E-state index in [1.807, 2.05) is 18.3 Å². The Bertz CT molecular complexity index is 352. The van der Waals surface area contributed by atoms with Crippen LogP contribution in [-0.2, 0) is 0 Å². The molecule has 0 saturated heterocycles. The van der Waals surface area contributed by atoms with Gasteiger partial charge in [-0.15, -0.1) is 6.58 Å². The largest absolute Gasteiger partial charge is 0.495 e. The molecule has 100 valence electrons. The second-order valence-electron chi connectivity index (χ2n) is 4.34. The standard InChI is InChI=1S/C15H24N2O/c1-4-6-7-8-14(17-10-5-2)13-9-11-16-12-15(13)18-3/h4,9,11-12,14,17H,1,5-8,10H2,2-3H3. The van der Waals surface area contributed by atoms with Gasteiger partial charge in [-0.1, -0.05) is 13.0 Å². The summed E-state index contributed by atoms with van der Waals surface area (Å²) in [5.74, 6) is 0.865. The summed E-state index contributed by atoms with van der Waals surface area (Å²) >= 11 is 0. The van der Waals surface area contributed by atoms with Crippen LogP contribution in [0.4, 0.5) is 0 Å². The summed E-state index contributed by atoms with van der Waals surface area (Å²) in [6, 6.07) is 2.38.